The molecule has 0 fully saturated rings. The van der Waals surface area contributed by atoms with Gasteiger partial charge in [-0.25, -0.2) is 9.37 Å². The number of ether oxygens (including phenoxy) is 2. The molecule has 2 aromatic heterocycles. The number of nitrogens with zero attached hydrogens (tertiary/aromatic N) is 3. The Kier molecular flexibility index (Phi) is 5.85. The molecule has 0 unspecified atom stereocenters. The lowest BCUT2D eigenvalue weighted by atomic mass is 10.2. The van der Waals surface area contributed by atoms with Crippen molar-refractivity contribution in [3.63, 3.8) is 0 Å². The zero-order chi connectivity index (χ0) is 20.9. The number of methoxy groups -OCH3 is 1. The molecule has 6 nitrogen and oxygen atoms in total. The van der Waals surface area contributed by atoms with Crippen molar-refractivity contribution in [2.45, 2.75) is 6.54 Å². The van der Waals surface area contributed by atoms with E-state index in [1.165, 1.54) is 28.4 Å². The average Bonchev–Trinajstić information content (AvgIpc) is 3.21. The normalized spacial score (nSPS) is 10.7. The van der Waals surface area contributed by atoms with Gasteiger partial charge < -0.3 is 9.47 Å². The van der Waals surface area contributed by atoms with Gasteiger partial charge in [-0.1, -0.05) is 35.6 Å². The fourth-order valence-electron chi connectivity index (χ4n) is 2.91. The third-order valence-corrected chi connectivity index (χ3v) is 5.42. The van der Waals surface area contributed by atoms with Crippen LogP contribution in [0.25, 0.3) is 10.2 Å². The van der Waals surface area contributed by atoms with E-state index in [1.54, 1.807) is 37.7 Å². The molecular formula is C22H18FN3O3S. The summed E-state index contributed by atoms with van der Waals surface area (Å²) >= 11 is 1.37. The lowest BCUT2D eigenvalue weighted by Crippen LogP contribution is -2.34. The highest BCUT2D eigenvalue weighted by Crippen LogP contribution is 2.34. The molecule has 152 valence electrons. The van der Waals surface area contributed by atoms with Crippen LogP contribution < -0.4 is 14.4 Å². The van der Waals surface area contributed by atoms with Gasteiger partial charge >= 0.3 is 0 Å². The number of pyridine rings is 1. The fraction of sp³-hybridized carbons (Fsp3) is 0.136. The Hall–Kier alpha value is -3.52. The maximum atomic E-state index is 13.9. The van der Waals surface area contributed by atoms with Crippen LogP contribution in [-0.4, -0.2) is 29.6 Å². The van der Waals surface area contributed by atoms with Crippen LogP contribution in [0.2, 0.25) is 0 Å². The molecule has 0 radical (unpaired) electrons. The minimum atomic E-state index is -0.520. The monoisotopic (exact) mass is 423 g/mol. The number of anilines is 1. The second-order valence-electron chi connectivity index (χ2n) is 6.36. The van der Waals surface area contributed by atoms with E-state index >= 15 is 0 Å². The zero-order valence-corrected chi connectivity index (χ0v) is 16.9. The molecule has 0 saturated carbocycles. The van der Waals surface area contributed by atoms with Gasteiger partial charge in [-0.05, 0) is 35.9 Å². The van der Waals surface area contributed by atoms with Gasteiger partial charge in [0.1, 0.15) is 11.3 Å². The van der Waals surface area contributed by atoms with Crippen molar-refractivity contribution in [3.05, 3.63) is 78.4 Å². The van der Waals surface area contributed by atoms with Crippen molar-refractivity contribution in [1.82, 2.24) is 9.97 Å². The van der Waals surface area contributed by atoms with Gasteiger partial charge in [0.15, 0.2) is 23.3 Å². The van der Waals surface area contributed by atoms with Crippen LogP contribution in [0.1, 0.15) is 5.56 Å². The number of aromatic nitrogens is 2. The molecule has 0 spiro atoms. The number of para-hydroxylation sites is 2. The molecule has 0 atom stereocenters. The van der Waals surface area contributed by atoms with Crippen LogP contribution in [0, 0.1) is 5.82 Å². The van der Waals surface area contributed by atoms with Crippen molar-refractivity contribution < 1.29 is 18.7 Å². The first-order chi connectivity index (χ1) is 14.7. The summed E-state index contributed by atoms with van der Waals surface area (Å²) in [5.41, 5.74) is 1.52. The van der Waals surface area contributed by atoms with Gasteiger partial charge in [-0.3, -0.25) is 14.7 Å². The lowest BCUT2D eigenvalue weighted by molar-refractivity contribution is -0.120. The van der Waals surface area contributed by atoms with E-state index in [2.05, 4.69) is 9.97 Å². The first kappa shape index (κ1) is 19.8. The molecule has 4 rings (SSSR count). The number of rotatable bonds is 7. The lowest BCUT2D eigenvalue weighted by Gasteiger charge is -2.20. The highest BCUT2D eigenvalue weighted by molar-refractivity contribution is 7.22. The largest absolute Gasteiger partial charge is 0.494 e. The predicted molar refractivity (Wildman–Crippen MR) is 113 cm³/mol. The molecular weight excluding hydrogens is 405 g/mol. The number of halogens is 1. The summed E-state index contributed by atoms with van der Waals surface area (Å²) in [6, 6.07) is 15.3. The SMILES string of the molecule is COc1cccc2sc(N(Cc3cccnc3)C(=O)COc3ccccc3F)nc12. The van der Waals surface area contributed by atoms with Crippen LogP contribution in [0.5, 0.6) is 11.5 Å². The van der Waals surface area contributed by atoms with E-state index in [9.17, 15) is 9.18 Å². The van der Waals surface area contributed by atoms with Crippen molar-refractivity contribution >= 4 is 32.6 Å². The van der Waals surface area contributed by atoms with Gasteiger partial charge in [0.25, 0.3) is 5.91 Å². The summed E-state index contributed by atoms with van der Waals surface area (Å²) in [7, 11) is 1.58. The third-order valence-electron chi connectivity index (χ3n) is 4.37. The van der Waals surface area contributed by atoms with Gasteiger partial charge in [0.2, 0.25) is 0 Å². The minimum Gasteiger partial charge on any atom is -0.494 e. The number of hydrogen-bond donors (Lipinski definition) is 0. The van der Waals surface area contributed by atoms with E-state index in [4.69, 9.17) is 9.47 Å². The maximum Gasteiger partial charge on any atom is 0.267 e. The number of amides is 1. The maximum absolute atomic E-state index is 13.9. The summed E-state index contributed by atoms with van der Waals surface area (Å²) < 4.78 is 25.6. The smallest absolute Gasteiger partial charge is 0.267 e. The molecule has 0 bridgehead atoms. The summed E-state index contributed by atoms with van der Waals surface area (Å²) in [5, 5.41) is 0.500. The second kappa shape index (κ2) is 8.87. The molecule has 0 aliphatic rings. The number of carbonyl (C=O) groups excluding carboxylic acids is 1. The highest BCUT2D eigenvalue weighted by atomic mass is 32.1. The molecule has 2 heterocycles. The molecule has 0 aliphatic heterocycles. The van der Waals surface area contributed by atoms with Crippen LogP contribution in [0.3, 0.4) is 0 Å². The number of hydrogen-bond acceptors (Lipinski definition) is 6. The summed E-state index contributed by atoms with van der Waals surface area (Å²) in [6.45, 7) is -0.0658. The predicted octanol–water partition coefficient (Wildman–Crippen LogP) is 4.45. The molecule has 8 heteroatoms. The van der Waals surface area contributed by atoms with E-state index < -0.39 is 5.82 Å². The zero-order valence-electron chi connectivity index (χ0n) is 16.1. The molecule has 30 heavy (non-hydrogen) atoms. The number of carbonyl (C=O) groups is 1. The quantitative estimate of drug-likeness (QED) is 0.439. The van der Waals surface area contributed by atoms with Crippen LogP contribution in [-0.2, 0) is 11.3 Å². The summed E-state index contributed by atoms with van der Waals surface area (Å²) in [5.74, 6) is -0.210. The van der Waals surface area contributed by atoms with Crippen molar-refractivity contribution in [3.8, 4) is 11.5 Å². The molecule has 0 aliphatic carbocycles. The molecule has 2 aromatic carbocycles. The Bertz CT molecular complexity index is 1170. The highest BCUT2D eigenvalue weighted by Gasteiger charge is 2.22. The van der Waals surface area contributed by atoms with Crippen LogP contribution in [0.4, 0.5) is 9.52 Å². The molecule has 0 N–H and O–H groups in total. The van der Waals surface area contributed by atoms with Crippen LogP contribution >= 0.6 is 11.3 Å². The van der Waals surface area contributed by atoms with E-state index in [-0.39, 0.29) is 24.8 Å². The third kappa shape index (κ3) is 4.23. The Balaban J connectivity index is 1.64. The van der Waals surface area contributed by atoms with Gasteiger partial charge in [-0.2, -0.15) is 0 Å². The molecule has 4 aromatic rings. The van der Waals surface area contributed by atoms with Gasteiger partial charge in [0.05, 0.1) is 18.4 Å². The summed E-state index contributed by atoms with van der Waals surface area (Å²) in [6.07, 6.45) is 3.35. The first-order valence-electron chi connectivity index (χ1n) is 9.16. The number of fused-ring (bicyclic) bond motifs is 1. The Morgan fingerprint density at radius 1 is 1.10 bits per heavy atom. The Morgan fingerprint density at radius 2 is 1.93 bits per heavy atom. The van der Waals surface area contributed by atoms with E-state index in [0.29, 0.717) is 16.4 Å². The molecule has 1 amide bonds. The van der Waals surface area contributed by atoms with Crippen molar-refractivity contribution in [2.24, 2.45) is 0 Å². The Morgan fingerprint density at radius 3 is 2.70 bits per heavy atom. The fourth-order valence-corrected chi connectivity index (χ4v) is 3.91. The van der Waals surface area contributed by atoms with E-state index in [1.807, 2.05) is 24.3 Å². The first-order valence-corrected chi connectivity index (χ1v) is 9.97. The second-order valence-corrected chi connectivity index (χ2v) is 7.37. The van der Waals surface area contributed by atoms with Crippen LogP contribution in [0.15, 0.2) is 67.0 Å². The van der Waals surface area contributed by atoms with Gasteiger partial charge in [0, 0.05) is 12.4 Å². The molecule has 0 saturated heterocycles. The number of thiazole rings is 1. The van der Waals surface area contributed by atoms with E-state index in [0.717, 1.165) is 10.3 Å². The Labute approximate surface area is 176 Å². The average molecular weight is 423 g/mol. The standard InChI is InChI=1S/C22H18FN3O3S/c1-28-18-9-4-10-19-21(18)25-22(30-19)26(13-15-6-5-11-24-12-15)20(27)14-29-17-8-3-2-7-16(17)23/h2-12H,13-14H2,1H3. The summed E-state index contributed by atoms with van der Waals surface area (Å²) in [4.78, 5) is 23.3. The van der Waals surface area contributed by atoms with Crippen molar-refractivity contribution in [1.29, 1.82) is 0 Å². The van der Waals surface area contributed by atoms with Gasteiger partial charge in [-0.15, -0.1) is 0 Å². The minimum absolute atomic E-state index is 0.0261. The van der Waals surface area contributed by atoms with Crippen molar-refractivity contribution in [2.75, 3.05) is 18.6 Å². The number of benzene rings is 2. The topological polar surface area (TPSA) is 64.5 Å².